The van der Waals surface area contributed by atoms with Crippen LogP contribution in [0.3, 0.4) is 0 Å². The van der Waals surface area contributed by atoms with Crippen molar-refractivity contribution >= 4 is 34.4 Å². The van der Waals surface area contributed by atoms with Crippen LogP contribution in [0.25, 0.3) is 11.1 Å². The third kappa shape index (κ3) is 3.34. The van der Waals surface area contributed by atoms with Crippen molar-refractivity contribution in [1.82, 2.24) is 20.0 Å². The minimum Gasteiger partial charge on any atom is -0.408 e. The van der Waals surface area contributed by atoms with Crippen molar-refractivity contribution in [2.45, 2.75) is 25.8 Å². The van der Waals surface area contributed by atoms with Gasteiger partial charge in [-0.1, -0.05) is 11.6 Å². The summed E-state index contributed by atoms with van der Waals surface area (Å²) in [6, 6.07) is 4.84. The number of nitrogens with one attached hydrogen (secondary N) is 3. The number of anilines is 2. The van der Waals surface area contributed by atoms with Gasteiger partial charge in [-0.3, -0.25) is 14.6 Å². The van der Waals surface area contributed by atoms with E-state index in [0.29, 0.717) is 22.6 Å². The maximum atomic E-state index is 12.1. The summed E-state index contributed by atoms with van der Waals surface area (Å²) in [6.45, 7) is -0.0680. The number of carbonyl (C=O) groups is 2. The molecule has 4 rings (SSSR count). The number of nitrogens with zero attached hydrogens (tertiary/aromatic N) is 3. The average molecular weight is 356 g/mol. The van der Waals surface area contributed by atoms with Crippen molar-refractivity contribution in [3.63, 3.8) is 0 Å². The number of aromatic nitrogens is 4. The van der Waals surface area contributed by atoms with E-state index in [0.717, 1.165) is 19.3 Å². The van der Waals surface area contributed by atoms with Crippen molar-refractivity contribution < 1.29 is 14.0 Å². The Hall–Kier alpha value is -3.43. The quantitative estimate of drug-likeness (QED) is 0.626. The molecule has 3 aromatic rings. The van der Waals surface area contributed by atoms with E-state index in [2.05, 4.69) is 25.9 Å². The minimum atomic E-state index is -0.553. The summed E-state index contributed by atoms with van der Waals surface area (Å²) < 4.78 is 6.29. The Morgan fingerprint density at radius 3 is 2.92 bits per heavy atom. The first-order valence-corrected chi connectivity index (χ1v) is 8.20. The second-order valence-electron chi connectivity index (χ2n) is 6.19. The van der Waals surface area contributed by atoms with Gasteiger partial charge in [0.1, 0.15) is 6.54 Å². The van der Waals surface area contributed by atoms with E-state index in [1.807, 2.05) is 0 Å². The van der Waals surface area contributed by atoms with Gasteiger partial charge in [0.2, 0.25) is 11.8 Å². The summed E-state index contributed by atoms with van der Waals surface area (Å²) >= 11 is 0. The summed E-state index contributed by atoms with van der Waals surface area (Å²) in [5, 5.41) is 13.1. The molecule has 0 saturated heterocycles. The van der Waals surface area contributed by atoms with E-state index in [9.17, 15) is 14.4 Å². The van der Waals surface area contributed by atoms with Crippen LogP contribution < -0.4 is 16.4 Å². The Morgan fingerprint density at radius 2 is 2.15 bits per heavy atom. The first-order chi connectivity index (χ1) is 12.6. The molecule has 10 nitrogen and oxygen atoms in total. The molecule has 2 aromatic heterocycles. The molecule has 0 atom stereocenters. The van der Waals surface area contributed by atoms with Crippen molar-refractivity contribution in [2.24, 2.45) is 5.92 Å². The lowest BCUT2D eigenvalue weighted by Crippen LogP contribution is -2.28. The molecule has 1 aromatic carbocycles. The largest absolute Gasteiger partial charge is 0.417 e. The van der Waals surface area contributed by atoms with E-state index < -0.39 is 5.76 Å². The van der Waals surface area contributed by atoms with Crippen molar-refractivity contribution in [3.05, 3.63) is 34.9 Å². The SMILES string of the molecule is O=C(Cn1cc(NC(=O)C2CCC2)nn1)Nc1ccc2[nH]c(=O)oc2c1. The minimum absolute atomic E-state index is 0.0480. The summed E-state index contributed by atoms with van der Waals surface area (Å²) in [5.41, 5.74) is 1.40. The summed E-state index contributed by atoms with van der Waals surface area (Å²) in [4.78, 5) is 37.7. The number of hydrogen-bond acceptors (Lipinski definition) is 6. The molecule has 1 aliphatic carbocycles. The van der Waals surface area contributed by atoms with Gasteiger partial charge >= 0.3 is 5.76 Å². The lowest BCUT2D eigenvalue weighted by atomic mass is 9.85. The van der Waals surface area contributed by atoms with Gasteiger partial charge in [-0.25, -0.2) is 9.48 Å². The highest BCUT2D eigenvalue weighted by atomic mass is 16.4. The van der Waals surface area contributed by atoms with Crippen LogP contribution in [0, 0.1) is 5.92 Å². The number of benzene rings is 1. The maximum Gasteiger partial charge on any atom is 0.417 e. The molecular weight excluding hydrogens is 340 g/mol. The molecular formula is C16H16N6O4. The topological polar surface area (TPSA) is 135 Å². The molecule has 0 radical (unpaired) electrons. The number of fused-ring (bicyclic) bond motifs is 1. The molecule has 26 heavy (non-hydrogen) atoms. The number of carbonyl (C=O) groups excluding carboxylic acids is 2. The molecule has 2 amide bonds. The number of H-pyrrole nitrogens is 1. The van der Waals surface area contributed by atoms with Gasteiger partial charge in [0.05, 0.1) is 11.7 Å². The van der Waals surface area contributed by atoms with Crippen LogP contribution in [0.1, 0.15) is 19.3 Å². The maximum absolute atomic E-state index is 12.1. The number of hydrogen-bond donors (Lipinski definition) is 3. The molecule has 2 heterocycles. The third-order valence-electron chi connectivity index (χ3n) is 4.28. The Morgan fingerprint density at radius 1 is 1.31 bits per heavy atom. The highest BCUT2D eigenvalue weighted by Gasteiger charge is 2.25. The third-order valence-corrected chi connectivity index (χ3v) is 4.28. The molecule has 1 saturated carbocycles. The molecule has 0 bridgehead atoms. The van der Waals surface area contributed by atoms with Gasteiger partial charge in [0.15, 0.2) is 11.4 Å². The fourth-order valence-electron chi connectivity index (χ4n) is 2.70. The predicted octanol–water partition coefficient (Wildman–Crippen LogP) is 1.09. The number of aromatic amines is 1. The first-order valence-electron chi connectivity index (χ1n) is 8.20. The molecule has 1 fully saturated rings. The van der Waals surface area contributed by atoms with Crippen molar-refractivity contribution in [3.8, 4) is 0 Å². The summed E-state index contributed by atoms with van der Waals surface area (Å²) in [5.74, 6) is -0.572. The fourth-order valence-corrected chi connectivity index (χ4v) is 2.70. The second kappa shape index (κ2) is 6.47. The summed E-state index contributed by atoms with van der Waals surface area (Å²) in [7, 11) is 0. The van der Waals surface area contributed by atoms with Gasteiger partial charge in [0.25, 0.3) is 0 Å². The standard InChI is InChI=1S/C16H16N6O4/c23-14(17-10-4-5-11-12(6-10)26-16(25)18-11)8-22-7-13(20-21-22)19-15(24)9-2-1-3-9/h4-7,9H,1-3,8H2,(H,17,23)(H,18,25)(H,19,24). The molecule has 0 spiro atoms. The fraction of sp³-hybridized carbons (Fsp3) is 0.312. The van der Waals surface area contributed by atoms with Crippen LogP contribution >= 0.6 is 0 Å². The van der Waals surface area contributed by atoms with Gasteiger partial charge in [-0.2, -0.15) is 0 Å². The Labute approximate surface area is 146 Å². The zero-order chi connectivity index (χ0) is 18.1. The smallest absolute Gasteiger partial charge is 0.408 e. The highest BCUT2D eigenvalue weighted by Crippen LogP contribution is 2.27. The molecule has 134 valence electrons. The zero-order valence-corrected chi connectivity index (χ0v) is 13.7. The van der Waals surface area contributed by atoms with Gasteiger partial charge in [0, 0.05) is 17.7 Å². The summed E-state index contributed by atoms with van der Waals surface area (Å²) in [6.07, 6.45) is 4.37. The van der Waals surface area contributed by atoms with Gasteiger partial charge in [-0.15, -0.1) is 5.10 Å². The first kappa shape index (κ1) is 16.1. The second-order valence-corrected chi connectivity index (χ2v) is 6.19. The van der Waals surface area contributed by atoms with E-state index >= 15 is 0 Å². The van der Waals surface area contributed by atoms with E-state index in [-0.39, 0.29) is 24.3 Å². The van der Waals surface area contributed by atoms with Crippen LogP contribution in [0.2, 0.25) is 0 Å². The van der Waals surface area contributed by atoms with Gasteiger partial charge in [-0.05, 0) is 25.0 Å². The number of oxazole rings is 1. The Kier molecular flexibility index (Phi) is 3.99. The van der Waals surface area contributed by atoms with Crippen LogP contribution in [0.5, 0.6) is 0 Å². The zero-order valence-electron chi connectivity index (χ0n) is 13.7. The van der Waals surface area contributed by atoms with E-state index in [1.165, 1.54) is 10.9 Å². The molecule has 3 N–H and O–H groups in total. The normalized spacial score (nSPS) is 14.2. The lowest BCUT2D eigenvalue weighted by molar-refractivity contribution is -0.122. The predicted molar refractivity (Wildman–Crippen MR) is 91.5 cm³/mol. The van der Waals surface area contributed by atoms with Crippen molar-refractivity contribution in [2.75, 3.05) is 10.6 Å². The van der Waals surface area contributed by atoms with Crippen molar-refractivity contribution in [1.29, 1.82) is 0 Å². The molecule has 0 aliphatic heterocycles. The van der Waals surface area contributed by atoms with E-state index in [4.69, 9.17) is 4.42 Å². The van der Waals surface area contributed by atoms with E-state index in [1.54, 1.807) is 18.2 Å². The highest BCUT2D eigenvalue weighted by molar-refractivity contribution is 5.93. The Balaban J connectivity index is 1.36. The van der Waals surface area contributed by atoms with Gasteiger partial charge < -0.3 is 15.1 Å². The van der Waals surface area contributed by atoms with Crippen LogP contribution in [-0.4, -0.2) is 31.8 Å². The monoisotopic (exact) mass is 356 g/mol. The van der Waals surface area contributed by atoms with Crippen LogP contribution in [0.15, 0.2) is 33.6 Å². The number of amides is 2. The lowest BCUT2D eigenvalue weighted by Gasteiger charge is -2.23. The average Bonchev–Trinajstić information content (AvgIpc) is 3.10. The number of rotatable bonds is 5. The van der Waals surface area contributed by atoms with Crippen LogP contribution in [0.4, 0.5) is 11.5 Å². The molecule has 1 aliphatic rings. The van der Waals surface area contributed by atoms with Crippen LogP contribution in [-0.2, 0) is 16.1 Å². The Bertz CT molecular complexity index is 1030. The molecule has 0 unspecified atom stereocenters. The molecule has 10 heteroatoms.